The number of fused-ring (bicyclic) bond motifs is 1. The van der Waals surface area contributed by atoms with Gasteiger partial charge in [-0.15, -0.1) is 24.2 Å². The van der Waals surface area contributed by atoms with Crippen LogP contribution in [0.4, 0.5) is 5.13 Å². The Morgan fingerprint density at radius 2 is 1.90 bits per heavy atom. The van der Waals surface area contributed by atoms with Gasteiger partial charge in [-0.1, -0.05) is 55.0 Å². The number of benzene rings is 2. The molecule has 0 spiro atoms. The van der Waals surface area contributed by atoms with E-state index >= 15 is 0 Å². The molecule has 2 aromatic carbocycles. The number of thiazole rings is 1. The van der Waals surface area contributed by atoms with Crippen LogP contribution in [-0.4, -0.2) is 48.2 Å². The summed E-state index contributed by atoms with van der Waals surface area (Å²) >= 11 is 9.49. The average molecular weight is 497 g/mol. The van der Waals surface area contributed by atoms with E-state index in [-0.39, 0.29) is 18.3 Å². The van der Waals surface area contributed by atoms with Gasteiger partial charge in [0.15, 0.2) is 5.13 Å². The van der Waals surface area contributed by atoms with Crippen molar-refractivity contribution in [2.45, 2.75) is 18.7 Å². The Morgan fingerprint density at radius 1 is 1.16 bits per heavy atom. The molecule has 0 atom stereocenters. The number of rotatable bonds is 9. The van der Waals surface area contributed by atoms with Crippen molar-refractivity contribution >= 4 is 74.4 Å². The van der Waals surface area contributed by atoms with Crippen LogP contribution in [0.1, 0.15) is 19.4 Å². The summed E-state index contributed by atoms with van der Waals surface area (Å²) in [7, 11) is 0. The fourth-order valence-electron chi connectivity index (χ4n) is 3.08. The zero-order valence-corrected chi connectivity index (χ0v) is 21.1. The molecule has 0 fully saturated rings. The number of carbonyl (C=O) groups is 1. The van der Waals surface area contributed by atoms with Crippen LogP contribution in [0.25, 0.3) is 16.3 Å². The van der Waals surface area contributed by atoms with Gasteiger partial charge < -0.3 is 4.90 Å². The molecular weight excluding hydrogens is 469 g/mol. The predicted molar refractivity (Wildman–Crippen MR) is 139 cm³/mol. The van der Waals surface area contributed by atoms with Gasteiger partial charge in [-0.25, -0.2) is 4.98 Å². The molecule has 0 unspecified atom stereocenters. The van der Waals surface area contributed by atoms with Crippen molar-refractivity contribution in [3.05, 3.63) is 59.1 Å². The molecule has 0 saturated carbocycles. The van der Waals surface area contributed by atoms with Crippen molar-refractivity contribution in [1.82, 2.24) is 9.88 Å². The van der Waals surface area contributed by atoms with Gasteiger partial charge in [0.05, 0.1) is 10.2 Å². The van der Waals surface area contributed by atoms with Crippen LogP contribution < -0.4 is 4.90 Å². The van der Waals surface area contributed by atoms with Crippen LogP contribution in [0.2, 0.25) is 5.02 Å². The highest BCUT2D eigenvalue weighted by atomic mass is 35.5. The summed E-state index contributed by atoms with van der Waals surface area (Å²) in [5.41, 5.74) is 1.74. The molecule has 0 saturated heterocycles. The van der Waals surface area contributed by atoms with E-state index in [1.54, 1.807) is 40.2 Å². The number of amides is 1. The highest BCUT2D eigenvalue weighted by molar-refractivity contribution is 7.98. The SMILES string of the molecule is CCN(CC)CCN(C(=O)C=Cc1ccccc1Cl)c1nc2ccc(SC)cc2s1.Cl. The van der Waals surface area contributed by atoms with E-state index in [2.05, 4.69) is 37.1 Å². The van der Waals surface area contributed by atoms with Crippen LogP contribution in [0.15, 0.2) is 53.4 Å². The maximum atomic E-state index is 13.2. The molecule has 1 heterocycles. The van der Waals surface area contributed by atoms with E-state index in [4.69, 9.17) is 16.6 Å². The zero-order valence-electron chi connectivity index (χ0n) is 17.9. The minimum Gasteiger partial charge on any atom is -0.302 e. The van der Waals surface area contributed by atoms with E-state index in [1.165, 1.54) is 4.90 Å². The van der Waals surface area contributed by atoms with Crippen molar-refractivity contribution in [2.24, 2.45) is 0 Å². The summed E-state index contributed by atoms with van der Waals surface area (Å²) in [6, 6.07) is 13.7. The van der Waals surface area contributed by atoms with Gasteiger partial charge in [-0.2, -0.15) is 0 Å². The largest absolute Gasteiger partial charge is 0.302 e. The van der Waals surface area contributed by atoms with Crippen molar-refractivity contribution in [3.63, 3.8) is 0 Å². The minimum absolute atomic E-state index is 0. The Bertz CT molecular complexity index is 1030. The fourth-order valence-corrected chi connectivity index (χ4v) is 4.83. The third-order valence-corrected chi connectivity index (χ3v) is 7.04. The number of nitrogens with zero attached hydrogens (tertiary/aromatic N) is 3. The summed E-state index contributed by atoms with van der Waals surface area (Å²) in [5, 5.41) is 1.35. The molecule has 4 nitrogen and oxygen atoms in total. The van der Waals surface area contributed by atoms with Gasteiger partial charge in [-0.3, -0.25) is 9.69 Å². The molecular formula is C23H27Cl2N3OS2. The van der Waals surface area contributed by atoms with E-state index in [1.807, 2.05) is 30.3 Å². The topological polar surface area (TPSA) is 36.4 Å². The summed E-state index contributed by atoms with van der Waals surface area (Å²) in [6.07, 6.45) is 5.42. The monoisotopic (exact) mass is 495 g/mol. The van der Waals surface area contributed by atoms with Crippen molar-refractivity contribution in [2.75, 3.05) is 37.3 Å². The second-order valence-electron chi connectivity index (χ2n) is 6.70. The number of likely N-dealkylation sites (N-methyl/N-ethyl adjacent to an activating group) is 1. The molecule has 31 heavy (non-hydrogen) atoms. The number of anilines is 1. The molecule has 0 radical (unpaired) electrons. The summed E-state index contributed by atoms with van der Waals surface area (Å²) < 4.78 is 1.09. The maximum Gasteiger partial charge on any atom is 0.252 e. The molecule has 3 rings (SSSR count). The number of aromatic nitrogens is 1. The molecule has 8 heteroatoms. The number of halogens is 2. The normalized spacial score (nSPS) is 11.3. The highest BCUT2D eigenvalue weighted by Gasteiger charge is 2.19. The number of hydrogen-bond acceptors (Lipinski definition) is 5. The first-order valence-electron chi connectivity index (χ1n) is 9.96. The van der Waals surface area contributed by atoms with E-state index in [0.29, 0.717) is 11.6 Å². The van der Waals surface area contributed by atoms with Crippen LogP contribution in [0.3, 0.4) is 0 Å². The first-order valence-corrected chi connectivity index (χ1v) is 12.4. The third-order valence-electron chi connectivity index (χ3n) is 4.93. The summed E-state index contributed by atoms with van der Waals surface area (Å²) in [6.45, 7) is 7.55. The molecule has 0 aliphatic rings. The van der Waals surface area contributed by atoms with E-state index in [0.717, 1.165) is 40.5 Å². The Labute approximate surface area is 203 Å². The Hall–Kier alpha value is -1.57. The second-order valence-corrected chi connectivity index (χ2v) is 9.00. The van der Waals surface area contributed by atoms with Crippen LogP contribution in [-0.2, 0) is 4.79 Å². The fraction of sp³-hybridized carbons (Fsp3) is 0.304. The molecule has 0 bridgehead atoms. The number of hydrogen-bond donors (Lipinski definition) is 0. The van der Waals surface area contributed by atoms with Crippen molar-refractivity contribution < 1.29 is 4.79 Å². The highest BCUT2D eigenvalue weighted by Crippen LogP contribution is 2.32. The molecule has 0 aliphatic heterocycles. The van der Waals surface area contributed by atoms with Gasteiger partial charge in [0.2, 0.25) is 0 Å². The molecule has 0 N–H and O–H groups in total. The second kappa shape index (κ2) is 12.5. The number of carbonyl (C=O) groups excluding carboxylic acids is 1. The van der Waals surface area contributed by atoms with Crippen molar-refractivity contribution in [3.8, 4) is 0 Å². The smallest absolute Gasteiger partial charge is 0.252 e. The third kappa shape index (κ3) is 6.70. The van der Waals surface area contributed by atoms with E-state index < -0.39 is 0 Å². The lowest BCUT2D eigenvalue weighted by Gasteiger charge is -2.23. The predicted octanol–water partition coefficient (Wildman–Crippen LogP) is 6.48. The summed E-state index contributed by atoms with van der Waals surface area (Å²) in [4.78, 5) is 23.2. The zero-order chi connectivity index (χ0) is 21.5. The quantitative estimate of drug-likeness (QED) is 0.251. The first kappa shape index (κ1) is 25.7. The van der Waals surface area contributed by atoms with Gasteiger partial charge in [0.25, 0.3) is 5.91 Å². The standard InChI is InChI=1S/C23H26ClN3OS2.ClH/c1-4-26(5-2)14-15-27(22(28)13-10-17-8-6-7-9-19(17)24)23-25-20-12-11-18(29-3)16-21(20)30-23;/h6-13,16H,4-5,14-15H2,1-3H3;1H. The first-order chi connectivity index (χ1) is 14.5. The lowest BCUT2D eigenvalue weighted by Crippen LogP contribution is -2.38. The molecule has 3 aromatic rings. The number of thioether (sulfide) groups is 1. The lowest BCUT2D eigenvalue weighted by atomic mass is 10.2. The lowest BCUT2D eigenvalue weighted by molar-refractivity contribution is -0.114. The van der Waals surface area contributed by atoms with Gasteiger partial charge in [0, 0.05) is 29.1 Å². The van der Waals surface area contributed by atoms with Gasteiger partial charge in [0.1, 0.15) is 0 Å². The van der Waals surface area contributed by atoms with Gasteiger partial charge >= 0.3 is 0 Å². The van der Waals surface area contributed by atoms with Gasteiger partial charge in [-0.05, 0) is 55.3 Å². The minimum atomic E-state index is -0.0915. The Kier molecular flexibility index (Phi) is 10.3. The summed E-state index contributed by atoms with van der Waals surface area (Å²) in [5.74, 6) is -0.0915. The van der Waals surface area contributed by atoms with E-state index in [9.17, 15) is 4.79 Å². The van der Waals surface area contributed by atoms with Crippen molar-refractivity contribution in [1.29, 1.82) is 0 Å². The van der Waals surface area contributed by atoms with Crippen LogP contribution >= 0.6 is 47.1 Å². The average Bonchev–Trinajstić information content (AvgIpc) is 3.18. The molecule has 1 amide bonds. The Balaban J connectivity index is 0.00000341. The Morgan fingerprint density at radius 3 is 2.58 bits per heavy atom. The molecule has 0 aliphatic carbocycles. The van der Waals surface area contributed by atoms with Crippen LogP contribution in [0.5, 0.6) is 0 Å². The van der Waals surface area contributed by atoms with Crippen LogP contribution in [0, 0.1) is 0 Å². The molecule has 166 valence electrons. The maximum absolute atomic E-state index is 13.2. The molecule has 1 aromatic heterocycles.